The molecule has 0 amide bonds. The Bertz CT molecular complexity index is 615. The molecule has 1 aromatic carbocycles. The number of hydrogen-bond acceptors (Lipinski definition) is 6. The first-order chi connectivity index (χ1) is 11.2. The van der Waals surface area contributed by atoms with E-state index in [2.05, 4.69) is 0 Å². The molecule has 0 aliphatic carbocycles. The summed E-state index contributed by atoms with van der Waals surface area (Å²) in [4.78, 5) is 33.5. The summed E-state index contributed by atoms with van der Waals surface area (Å²) in [5, 5.41) is 9.67. The molecule has 0 saturated heterocycles. The van der Waals surface area contributed by atoms with Gasteiger partial charge in [0.25, 0.3) is 0 Å². The summed E-state index contributed by atoms with van der Waals surface area (Å²) in [6.45, 7) is 0.499. The van der Waals surface area contributed by atoms with Crippen LogP contribution in [0.3, 0.4) is 0 Å². The van der Waals surface area contributed by atoms with Gasteiger partial charge >= 0.3 is 75.0 Å². The number of ether oxygens (including phenoxy) is 1. The Morgan fingerprint density at radius 3 is 2.42 bits per heavy atom. The average Bonchev–Trinajstić information content (AvgIpc) is 2.46. The fourth-order valence-electron chi connectivity index (χ4n) is 2.30. The van der Waals surface area contributed by atoms with Crippen molar-refractivity contribution < 1.29 is 38.5 Å². The van der Waals surface area contributed by atoms with Crippen LogP contribution in [-0.2, 0) is 9.13 Å². The zero-order valence-corrected chi connectivity index (χ0v) is 16.3. The van der Waals surface area contributed by atoms with Gasteiger partial charge in [-0.1, -0.05) is 27.7 Å². The van der Waals surface area contributed by atoms with Gasteiger partial charge in [0.1, 0.15) is 5.75 Å². The first kappa shape index (κ1) is 30.2. The van der Waals surface area contributed by atoms with Crippen LogP contribution in [-0.4, -0.2) is 103 Å². The molecular formula is C12H22Na2O8P2S2. The summed E-state index contributed by atoms with van der Waals surface area (Å²) >= 11 is 0. The van der Waals surface area contributed by atoms with Crippen LogP contribution in [0.2, 0.25) is 0 Å². The van der Waals surface area contributed by atoms with E-state index >= 15 is 0 Å². The zero-order chi connectivity index (χ0) is 18.3. The number of fused-ring (bicyclic) bond motifs is 1. The summed E-state index contributed by atoms with van der Waals surface area (Å²) < 4.78 is 25.5. The molecule has 0 aromatic heterocycles. The van der Waals surface area contributed by atoms with Gasteiger partial charge in [-0.25, -0.2) is 0 Å². The van der Waals surface area contributed by atoms with Crippen molar-refractivity contribution in [2.24, 2.45) is 0 Å². The SMILES string of the molecule is CSSc1cccc2c1C(CC(O)P(=O)(O)O)CCO2.O=[PH](O)O.[NaH].[NaH]. The summed E-state index contributed by atoms with van der Waals surface area (Å²) in [6.07, 6.45) is 2.66. The van der Waals surface area contributed by atoms with Crippen molar-refractivity contribution in [2.45, 2.75) is 29.5 Å². The van der Waals surface area contributed by atoms with Gasteiger partial charge in [-0.05, 0) is 37.1 Å². The second-order valence-corrected chi connectivity index (χ2v) is 9.62. The molecular weight excluding hydrogens is 444 g/mol. The van der Waals surface area contributed by atoms with Crippen molar-refractivity contribution in [3.05, 3.63) is 23.8 Å². The van der Waals surface area contributed by atoms with Gasteiger partial charge in [-0.15, -0.1) is 0 Å². The van der Waals surface area contributed by atoms with E-state index in [1.807, 2.05) is 24.5 Å². The van der Waals surface area contributed by atoms with Crippen LogP contribution >= 0.6 is 37.4 Å². The monoisotopic (exact) mass is 466 g/mol. The fourth-order valence-corrected chi connectivity index (χ4v) is 4.47. The van der Waals surface area contributed by atoms with Gasteiger partial charge in [0, 0.05) is 10.5 Å². The quantitative estimate of drug-likeness (QED) is 0.241. The van der Waals surface area contributed by atoms with E-state index in [1.54, 1.807) is 21.6 Å². The topological polar surface area (TPSA) is 145 Å². The van der Waals surface area contributed by atoms with Gasteiger partial charge in [-0.2, -0.15) is 0 Å². The Morgan fingerprint density at radius 1 is 1.35 bits per heavy atom. The summed E-state index contributed by atoms with van der Waals surface area (Å²) in [6, 6.07) is 5.72. The molecule has 2 unspecified atom stereocenters. The van der Waals surface area contributed by atoms with E-state index in [1.165, 1.54) is 0 Å². The maximum absolute atomic E-state index is 11.1. The second kappa shape index (κ2) is 14.9. The third kappa shape index (κ3) is 10.7. The van der Waals surface area contributed by atoms with Crippen LogP contribution in [0.15, 0.2) is 23.1 Å². The van der Waals surface area contributed by atoms with Crippen molar-refractivity contribution in [1.29, 1.82) is 0 Å². The molecule has 0 fully saturated rings. The standard InChI is InChI=1S/C12H17O5PS2.2Na.H3O3P.2H/c1-19-20-10-4-2-3-9-12(10)8(5-6-17-9)7-11(13)18(14,15)16;;;1-4(2)3;;/h2-4,8,11,13H,5-7H2,1H3,(H2,14,15,16);;;4H,(H2,1,2,3);;. The molecule has 0 radical (unpaired) electrons. The second-order valence-electron chi connectivity index (χ2n) is 4.84. The van der Waals surface area contributed by atoms with Crippen LogP contribution in [0.5, 0.6) is 5.75 Å². The van der Waals surface area contributed by atoms with Crippen LogP contribution in [0.1, 0.15) is 24.3 Å². The summed E-state index contributed by atoms with van der Waals surface area (Å²) in [5.74, 6) is -0.971. The van der Waals surface area contributed by atoms with E-state index in [0.29, 0.717) is 13.0 Å². The molecule has 0 spiro atoms. The summed E-state index contributed by atoms with van der Waals surface area (Å²) in [7, 11) is -4.40. The third-order valence-corrected chi connectivity index (χ3v) is 5.94. The van der Waals surface area contributed by atoms with Crippen molar-refractivity contribution >= 4 is 96.6 Å². The van der Waals surface area contributed by atoms with E-state index in [4.69, 9.17) is 28.9 Å². The van der Waals surface area contributed by atoms with Crippen LogP contribution in [0.25, 0.3) is 0 Å². The normalized spacial score (nSPS) is 16.8. The predicted molar refractivity (Wildman–Crippen MR) is 109 cm³/mol. The Labute approximate surface area is 205 Å². The number of aliphatic hydroxyl groups excluding tert-OH is 1. The molecule has 1 aliphatic heterocycles. The van der Waals surface area contributed by atoms with E-state index in [-0.39, 0.29) is 71.5 Å². The Hall–Kier alpha value is 1.98. The van der Waals surface area contributed by atoms with Gasteiger partial charge in [0.2, 0.25) is 0 Å². The van der Waals surface area contributed by atoms with Crippen LogP contribution in [0.4, 0.5) is 0 Å². The fraction of sp³-hybridized carbons (Fsp3) is 0.500. The molecule has 1 aliphatic rings. The average molecular weight is 466 g/mol. The molecule has 142 valence electrons. The van der Waals surface area contributed by atoms with Gasteiger partial charge in [-0.3, -0.25) is 9.13 Å². The Kier molecular flexibility index (Phi) is 17.3. The van der Waals surface area contributed by atoms with Crippen molar-refractivity contribution in [1.82, 2.24) is 0 Å². The van der Waals surface area contributed by atoms with Gasteiger partial charge < -0.3 is 29.4 Å². The zero-order valence-electron chi connectivity index (χ0n) is 12.7. The number of hydrogen-bond donors (Lipinski definition) is 5. The minimum absolute atomic E-state index is 0. The number of aliphatic hydroxyl groups is 1. The number of benzene rings is 1. The molecule has 2 atom stereocenters. The molecule has 2 rings (SSSR count). The van der Waals surface area contributed by atoms with Crippen molar-refractivity contribution in [3.8, 4) is 5.75 Å². The summed E-state index contributed by atoms with van der Waals surface area (Å²) in [5.41, 5.74) is 0.950. The Morgan fingerprint density at radius 2 is 1.92 bits per heavy atom. The molecule has 1 aromatic rings. The molecule has 8 nitrogen and oxygen atoms in total. The predicted octanol–water partition coefficient (Wildman–Crippen LogP) is 0.873. The van der Waals surface area contributed by atoms with Crippen molar-refractivity contribution in [2.75, 3.05) is 12.9 Å². The first-order valence-electron chi connectivity index (χ1n) is 6.78. The molecule has 0 bridgehead atoms. The van der Waals surface area contributed by atoms with Gasteiger partial charge in [0.05, 0.1) is 6.61 Å². The third-order valence-electron chi connectivity index (χ3n) is 3.21. The molecule has 26 heavy (non-hydrogen) atoms. The molecule has 0 saturated carbocycles. The van der Waals surface area contributed by atoms with Crippen molar-refractivity contribution in [3.63, 3.8) is 0 Å². The molecule has 5 N–H and O–H groups in total. The Balaban J connectivity index is 0. The number of rotatable bonds is 5. The van der Waals surface area contributed by atoms with E-state index in [9.17, 15) is 9.67 Å². The van der Waals surface area contributed by atoms with E-state index < -0.39 is 21.7 Å². The minimum atomic E-state index is -4.46. The van der Waals surface area contributed by atoms with Crippen LogP contribution < -0.4 is 4.74 Å². The van der Waals surface area contributed by atoms with Crippen LogP contribution in [0, 0.1) is 0 Å². The van der Waals surface area contributed by atoms with E-state index in [0.717, 1.165) is 16.2 Å². The maximum atomic E-state index is 11.1. The van der Waals surface area contributed by atoms with Gasteiger partial charge in [0.15, 0.2) is 5.85 Å². The molecule has 14 heteroatoms. The molecule has 1 heterocycles. The first-order valence-corrected chi connectivity index (χ1v) is 12.3.